The molecule has 0 unspecified atom stereocenters. The quantitative estimate of drug-likeness (QED) is 0.881. The van der Waals surface area contributed by atoms with Gasteiger partial charge in [-0.15, -0.1) is 11.3 Å². The summed E-state index contributed by atoms with van der Waals surface area (Å²) in [7, 11) is 0. The molecule has 2 N–H and O–H groups in total. The van der Waals surface area contributed by atoms with Gasteiger partial charge in [0.2, 0.25) is 0 Å². The van der Waals surface area contributed by atoms with E-state index in [9.17, 15) is 8.78 Å². The summed E-state index contributed by atoms with van der Waals surface area (Å²) in [4.78, 5) is 3.86. The van der Waals surface area contributed by atoms with Gasteiger partial charge in [-0.1, -0.05) is 0 Å². The van der Waals surface area contributed by atoms with Gasteiger partial charge in [0.05, 0.1) is 6.54 Å². The van der Waals surface area contributed by atoms with Crippen molar-refractivity contribution in [3.63, 3.8) is 0 Å². The second kappa shape index (κ2) is 4.30. The summed E-state index contributed by atoms with van der Waals surface area (Å²) in [5.41, 5.74) is 0. The summed E-state index contributed by atoms with van der Waals surface area (Å²) in [6.07, 6.45) is 0. The first kappa shape index (κ1) is 10.8. The Balaban J connectivity index is 2.43. The van der Waals surface area contributed by atoms with Crippen molar-refractivity contribution in [2.45, 2.75) is 5.92 Å². The molecule has 0 aromatic carbocycles. The first-order chi connectivity index (χ1) is 6.03. The number of hydrogen-bond donors (Lipinski definition) is 2. The first-order valence-corrected chi connectivity index (χ1v) is 5.04. The van der Waals surface area contributed by atoms with Crippen LogP contribution < -0.4 is 5.32 Å². The van der Waals surface area contributed by atoms with Gasteiger partial charge in [0.15, 0.2) is 5.13 Å². The fraction of sp³-hybridized carbons (Fsp3) is 0.500. The summed E-state index contributed by atoms with van der Waals surface area (Å²) in [6, 6.07) is 0. The van der Waals surface area contributed by atoms with Gasteiger partial charge in [-0.3, -0.25) is 0 Å². The maximum Gasteiger partial charge on any atom is 0.287 e. The van der Waals surface area contributed by atoms with E-state index in [1.807, 2.05) is 0 Å². The molecule has 1 heterocycles. The molecule has 0 bridgehead atoms. The van der Waals surface area contributed by atoms with Gasteiger partial charge in [-0.2, -0.15) is 0 Å². The van der Waals surface area contributed by atoms with Crippen LogP contribution in [0.1, 0.15) is 0 Å². The number of nitrogens with one attached hydrogen (secondary N) is 1. The third-order valence-corrected chi connectivity index (χ3v) is 2.72. The average molecular weight is 273 g/mol. The number of aliphatic hydroxyl groups is 1. The average Bonchev–Trinajstić information content (AvgIpc) is 2.48. The highest BCUT2D eigenvalue weighted by Gasteiger charge is 2.27. The van der Waals surface area contributed by atoms with Gasteiger partial charge < -0.3 is 10.4 Å². The van der Waals surface area contributed by atoms with E-state index in [1.54, 1.807) is 5.38 Å². The van der Waals surface area contributed by atoms with Crippen molar-refractivity contribution in [2.24, 2.45) is 0 Å². The van der Waals surface area contributed by atoms with Crippen LogP contribution in [0.3, 0.4) is 0 Å². The Kier molecular flexibility index (Phi) is 3.57. The minimum atomic E-state index is -3.10. The fourth-order valence-corrected chi connectivity index (χ4v) is 1.74. The van der Waals surface area contributed by atoms with Gasteiger partial charge in [-0.05, 0) is 15.9 Å². The van der Waals surface area contributed by atoms with Crippen LogP contribution in [0.25, 0.3) is 0 Å². The van der Waals surface area contributed by atoms with E-state index in [-0.39, 0.29) is 0 Å². The van der Waals surface area contributed by atoms with E-state index in [0.717, 1.165) is 0 Å². The zero-order valence-corrected chi connectivity index (χ0v) is 8.83. The SMILES string of the molecule is OCC(F)(F)CNc1nc(Br)cs1. The van der Waals surface area contributed by atoms with Crippen LogP contribution in [0.2, 0.25) is 0 Å². The molecule has 0 fully saturated rings. The monoisotopic (exact) mass is 272 g/mol. The highest BCUT2D eigenvalue weighted by Crippen LogP contribution is 2.21. The van der Waals surface area contributed by atoms with Crippen molar-refractivity contribution in [3.8, 4) is 0 Å². The Morgan fingerprint density at radius 3 is 2.85 bits per heavy atom. The topological polar surface area (TPSA) is 45.1 Å². The van der Waals surface area contributed by atoms with Crippen molar-refractivity contribution >= 4 is 32.4 Å². The largest absolute Gasteiger partial charge is 0.390 e. The molecule has 0 radical (unpaired) electrons. The minimum absolute atomic E-state index is 0.403. The molecule has 0 amide bonds. The summed E-state index contributed by atoms with van der Waals surface area (Å²) in [5, 5.41) is 12.8. The zero-order valence-electron chi connectivity index (χ0n) is 6.43. The second-order valence-corrected chi connectivity index (χ2v) is 4.01. The van der Waals surface area contributed by atoms with Crippen LogP contribution in [-0.2, 0) is 0 Å². The lowest BCUT2D eigenvalue weighted by atomic mass is 10.4. The van der Waals surface area contributed by atoms with Crippen molar-refractivity contribution in [1.29, 1.82) is 0 Å². The molecule has 3 nitrogen and oxygen atoms in total. The summed E-state index contributed by atoms with van der Waals surface area (Å²) in [6.45, 7) is -1.77. The maximum atomic E-state index is 12.5. The predicted molar refractivity (Wildman–Crippen MR) is 50.3 cm³/mol. The van der Waals surface area contributed by atoms with Crippen molar-refractivity contribution < 1.29 is 13.9 Å². The molecular weight excluding hydrogens is 266 g/mol. The predicted octanol–water partition coefficient (Wildman–Crippen LogP) is 1.95. The van der Waals surface area contributed by atoms with E-state index in [0.29, 0.717) is 9.73 Å². The van der Waals surface area contributed by atoms with Crippen LogP contribution in [-0.4, -0.2) is 29.2 Å². The number of alkyl halides is 2. The molecule has 0 saturated carbocycles. The van der Waals surface area contributed by atoms with Crippen LogP contribution in [0.4, 0.5) is 13.9 Å². The van der Waals surface area contributed by atoms with E-state index in [2.05, 4.69) is 26.2 Å². The van der Waals surface area contributed by atoms with Gasteiger partial charge in [0.1, 0.15) is 11.2 Å². The second-order valence-electron chi connectivity index (χ2n) is 2.34. The number of hydrogen-bond acceptors (Lipinski definition) is 4. The molecule has 74 valence electrons. The normalized spacial score (nSPS) is 11.7. The standard InChI is InChI=1S/C6H7BrF2N2OS/c7-4-1-13-5(11-4)10-2-6(8,9)3-12/h1,12H,2-3H2,(H,10,11). The lowest BCUT2D eigenvalue weighted by molar-refractivity contribution is -0.0372. The molecule has 0 aliphatic carbocycles. The molecular formula is C6H7BrF2N2OS. The van der Waals surface area contributed by atoms with Crippen molar-refractivity contribution in [2.75, 3.05) is 18.5 Å². The van der Waals surface area contributed by atoms with E-state index in [1.165, 1.54) is 11.3 Å². The third-order valence-electron chi connectivity index (χ3n) is 1.21. The van der Waals surface area contributed by atoms with Crippen molar-refractivity contribution in [3.05, 3.63) is 9.98 Å². The summed E-state index contributed by atoms with van der Waals surface area (Å²) in [5.74, 6) is -3.10. The number of halogens is 3. The molecule has 0 aliphatic rings. The molecule has 0 aliphatic heterocycles. The molecule has 0 spiro atoms. The third kappa shape index (κ3) is 3.53. The molecule has 1 rings (SSSR count). The molecule has 0 atom stereocenters. The Bertz CT molecular complexity index is 281. The molecule has 1 aromatic rings. The highest BCUT2D eigenvalue weighted by molar-refractivity contribution is 9.10. The van der Waals surface area contributed by atoms with Crippen molar-refractivity contribution in [1.82, 2.24) is 4.98 Å². The van der Waals surface area contributed by atoms with E-state index >= 15 is 0 Å². The van der Waals surface area contributed by atoms with Gasteiger partial charge in [0, 0.05) is 5.38 Å². The molecule has 13 heavy (non-hydrogen) atoms. The van der Waals surface area contributed by atoms with Crippen LogP contribution in [0.5, 0.6) is 0 Å². The maximum absolute atomic E-state index is 12.5. The highest BCUT2D eigenvalue weighted by atomic mass is 79.9. The Hall–Kier alpha value is -0.270. The van der Waals surface area contributed by atoms with Crippen LogP contribution in [0.15, 0.2) is 9.98 Å². The van der Waals surface area contributed by atoms with E-state index in [4.69, 9.17) is 5.11 Å². The van der Waals surface area contributed by atoms with E-state index < -0.39 is 19.1 Å². The molecule has 0 saturated heterocycles. The summed E-state index contributed by atoms with van der Waals surface area (Å²) < 4.78 is 25.6. The van der Waals surface area contributed by atoms with Crippen LogP contribution in [0, 0.1) is 0 Å². The van der Waals surface area contributed by atoms with Gasteiger partial charge in [0.25, 0.3) is 5.92 Å². The van der Waals surface area contributed by atoms with Gasteiger partial charge in [-0.25, -0.2) is 13.8 Å². The zero-order chi connectivity index (χ0) is 9.90. The fourth-order valence-electron chi connectivity index (χ4n) is 0.596. The molecule has 1 aromatic heterocycles. The Labute approximate surface area is 85.9 Å². The number of thiazole rings is 1. The first-order valence-electron chi connectivity index (χ1n) is 3.37. The minimum Gasteiger partial charge on any atom is -0.390 e. The lowest BCUT2D eigenvalue weighted by Crippen LogP contribution is -2.30. The number of aromatic nitrogens is 1. The number of anilines is 1. The summed E-state index contributed by atoms with van der Waals surface area (Å²) >= 11 is 4.31. The number of rotatable bonds is 4. The smallest absolute Gasteiger partial charge is 0.287 e. The van der Waals surface area contributed by atoms with Crippen LogP contribution >= 0.6 is 27.3 Å². The van der Waals surface area contributed by atoms with Gasteiger partial charge >= 0.3 is 0 Å². The number of nitrogens with zero attached hydrogens (tertiary/aromatic N) is 1. The Morgan fingerprint density at radius 2 is 2.38 bits per heavy atom. The Morgan fingerprint density at radius 1 is 1.69 bits per heavy atom. The number of aliphatic hydroxyl groups excluding tert-OH is 1. The molecule has 7 heteroatoms. The lowest BCUT2D eigenvalue weighted by Gasteiger charge is -2.12.